The summed E-state index contributed by atoms with van der Waals surface area (Å²) < 4.78 is 24.2. The number of hydrogen-bond donors (Lipinski definition) is 2. The lowest BCUT2D eigenvalue weighted by Crippen LogP contribution is -2.38. The number of hydrogen-bond acceptors (Lipinski definition) is 3. The van der Waals surface area contributed by atoms with E-state index in [1.165, 1.54) is 11.6 Å². The van der Waals surface area contributed by atoms with Gasteiger partial charge in [-0.2, -0.15) is 0 Å². The molecular formula is C21H28FN3O2. The van der Waals surface area contributed by atoms with Crippen LogP contribution in [-0.2, 0) is 17.9 Å². The largest absolute Gasteiger partial charge is 0.496 e. The third-order valence-electron chi connectivity index (χ3n) is 4.30. The number of methoxy groups -OCH3 is 2. The lowest BCUT2D eigenvalue weighted by molar-refractivity contribution is 0.181. The first-order chi connectivity index (χ1) is 13.0. The molecule has 0 fully saturated rings. The number of aliphatic imine (C=N–C) groups is 1. The summed E-state index contributed by atoms with van der Waals surface area (Å²) >= 11 is 0. The van der Waals surface area contributed by atoms with Gasteiger partial charge >= 0.3 is 0 Å². The monoisotopic (exact) mass is 373 g/mol. The Labute approximate surface area is 160 Å². The molecule has 2 aromatic rings. The van der Waals surface area contributed by atoms with Gasteiger partial charge in [0, 0.05) is 31.8 Å². The van der Waals surface area contributed by atoms with E-state index in [1.807, 2.05) is 12.1 Å². The highest BCUT2D eigenvalue weighted by atomic mass is 19.1. The Morgan fingerprint density at radius 3 is 2.63 bits per heavy atom. The van der Waals surface area contributed by atoms with E-state index >= 15 is 0 Å². The van der Waals surface area contributed by atoms with Gasteiger partial charge in [0.1, 0.15) is 11.6 Å². The molecule has 0 aliphatic rings. The predicted octanol–water partition coefficient (Wildman–Crippen LogP) is 3.72. The smallest absolute Gasteiger partial charge is 0.191 e. The first kappa shape index (κ1) is 20.7. The molecule has 0 spiro atoms. The van der Waals surface area contributed by atoms with Crippen LogP contribution in [0.4, 0.5) is 4.39 Å². The van der Waals surface area contributed by atoms with Crippen LogP contribution in [0.15, 0.2) is 41.4 Å². The van der Waals surface area contributed by atoms with Crippen molar-refractivity contribution in [2.75, 3.05) is 21.3 Å². The highest BCUT2D eigenvalue weighted by Crippen LogP contribution is 2.26. The van der Waals surface area contributed by atoms with Crippen LogP contribution in [0, 0.1) is 12.7 Å². The Hall–Kier alpha value is -2.60. The lowest BCUT2D eigenvalue weighted by atomic mass is 10.0. The Bertz CT molecular complexity index is 793. The van der Waals surface area contributed by atoms with Gasteiger partial charge in [0.2, 0.25) is 0 Å². The van der Waals surface area contributed by atoms with E-state index in [1.54, 1.807) is 33.4 Å². The predicted molar refractivity (Wildman–Crippen MR) is 107 cm³/mol. The van der Waals surface area contributed by atoms with Crippen LogP contribution in [-0.4, -0.2) is 27.2 Å². The van der Waals surface area contributed by atoms with Gasteiger partial charge in [-0.05, 0) is 37.6 Å². The van der Waals surface area contributed by atoms with Crippen LogP contribution >= 0.6 is 0 Å². The number of nitrogens with zero attached hydrogens (tertiary/aromatic N) is 1. The molecule has 2 rings (SSSR count). The SMILES string of the molecule is CN=C(NCc1ccc(F)c(COC)c1)NC(C)c1cc(C)ccc1OC. The summed E-state index contributed by atoms with van der Waals surface area (Å²) in [4.78, 5) is 4.28. The van der Waals surface area contributed by atoms with Crippen molar-refractivity contribution in [3.8, 4) is 5.75 Å². The maximum Gasteiger partial charge on any atom is 0.191 e. The molecule has 27 heavy (non-hydrogen) atoms. The number of aryl methyl sites for hydroxylation is 1. The molecule has 0 aliphatic carbocycles. The minimum absolute atomic E-state index is 0.00307. The number of guanidine groups is 1. The Kier molecular flexibility index (Phi) is 7.61. The summed E-state index contributed by atoms with van der Waals surface area (Å²) in [6, 6.07) is 11.1. The summed E-state index contributed by atoms with van der Waals surface area (Å²) in [5.74, 6) is 1.23. The van der Waals surface area contributed by atoms with Crippen molar-refractivity contribution in [3.63, 3.8) is 0 Å². The zero-order valence-corrected chi connectivity index (χ0v) is 16.6. The van der Waals surface area contributed by atoms with Crippen LogP contribution in [0.3, 0.4) is 0 Å². The van der Waals surface area contributed by atoms with E-state index in [9.17, 15) is 4.39 Å². The number of halogens is 1. The van der Waals surface area contributed by atoms with Gasteiger partial charge in [0.25, 0.3) is 0 Å². The summed E-state index contributed by atoms with van der Waals surface area (Å²) in [5.41, 5.74) is 3.72. The zero-order valence-electron chi connectivity index (χ0n) is 16.6. The third kappa shape index (κ3) is 5.69. The average molecular weight is 373 g/mol. The maximum atomic E-state index is 13.7. The van der Waals surface area contributed by atoms with Gasteiger partial charge in [-0.25, -0.2) is 4.39 Å². The van der Waals surface area contributed by atoms with Gasteiger partial charge in [-0.3, -0.25) is 4.99 Å². The molecule has 1 atom stereocenters. The zero-order chi connectivity index (χ0) is 19.8. The highest BCUT2D eigenvalue weighted by molar-refractivity contribution is 5.80. The Morgan fingerprint density at radius 1 is 1.19 bits per heavy atom. The molecule has 0 saturated heterocycles. The first-order valence-corrected chi connectivity index (χ1v) is 8.86. The van der Waals surface area contributed by atoms with Crippen LogP contribution in [0.1, 0.15) is 35.2 Å². The molecule has 0 aliphatic heterocycles. The summed E-state index contributed by atoms with van der Waals surface area (Å²) in [6.45, 7) is 4.87. The van der Waals surface area contributed by atoms with Crippen molar-refractivity contribution in [3.05, 3.63) is 64.5 Å². The average Bonchev–Trinajstić information content (AvgIpc) is 2.67. The maximum absolute atomic E-state index is 13.7. The fourth-order valence-electron chi connectivity index (χ4n) is 2.86. The van der Waals surface area contributed by atoms with Crippen LogP contribution in [0.25, 0.3) is 0 Å². The van der Waals surface area contributed by atoms with Crippen LogP contribution in [0.5, 0.6) is 5.75 Å². The molecule has 2 aromatic carbocycles. The molecule has 2 N–H and O–H groups in total. The Morgan fingerprint density at radius 2 is 1.96 bits per heavy atom. The molecule has 0 amide bonds. The molecule has 0 aromatic heterocycles. The first-order valence-electron chi connectivity index (χ1n) is 8.86. The fourth-order valence-corrected chi connectivity index (χ4v) is 2.86. The minimum atomic E-state index is -0.261. The molecule has 0 radical (unpaired) electrons. The van der Waals surface area contributed by atoms with Crippen molar-refractivity contribution < 1.29 is 13.9 Å². The molecule has 0 saturated carbocycles. The van der Waals surface area contributed by atoms with Gasteiger partial charge in [-0.15, -0.1) is 0 Å². The van der Waals surface area contributed by atoms with Gasteiger partial charge in [-0.1, -0.05) is 23.8 Å². The van der Waals surface area contributed by atoms with Gasteiger partial charge in [0.15, 0.2) is 5.96 Å². The van der Waals surface area contributed by atoms with Gasteiger partial charge in [0.05, 0.1) is 19.8 Å². The van der Waals surface area contributed by atoms with Crippen molar-refractivity contribution in [2.45, 2.75) is 33.0 Å². The molecule has 1 unspecified atom stereocenters. The van der Waals surface area contributed by atoms with Crippen molar-refractivity contribution in [2.24, 2.45) is 4.99 Å². The molecule has 6 heteroatoms. The summed E-state index contributed by atoms with van der Waals surface area (Å²) in [6.07, 6.45) is 0. The second-order valence-electron chi connectivity index (χ2n) is 6.40. The van der Waals surface area contributed by atoms with Crippen molar-refractivity contribution in [1.82, 2.24) is 10.6 Å². The number of benzene rings is 2. The van der Waals surface area contributed by atoms with Crippen LogP contribution < -0.4 is 15.4 Å². The summed E-state index contributed by atoms with van der Waals surface area (Å²) in [7, 11) is 4.94. The van der Waals surface area contributed by atoms with E-state index in [-0.39, 0.29) is 18.5 Å². The Balaban J connectivity index is 2.04. The van der Waals surface area contributed by atoms with Crippen LogP contribution in [0.2, 0.25) is 0 Å². The number of ether oxygens (including phenoxy) is 2. The summed E-state index contributed by atoms with van der Waals surface area (Å²) in [5, 5.41) is 6.63. The standard InChI is InChI=1S/C21H28FN3O2/c1-14-6-9-20(27-5)18(10-14)15(2)25-21(23-3)24-12-16-7-8-19(22)17(11-16)13-26-4/h6-11,15H,12-13H2,1-5H3,(H2,23,24,25). The fraction of sp³-hybridized carbons (Fsp3) is 0.381. The topological polar surface area (TPSA) is 54.9 Å². The van der Waals surface area contributed by atoms with Crippen molar-refractivity contribution in [1.29, 1.82) is 0 Å². The normalized spacial score (nSPS) is 12.6. The molecule has 0 heterocycles. The second-order valence-corrected chi connectivity index (χ2v) is 6.40. The van der Waals surface area contributed by atoms with E-state index in [0.717, 1.165) is 16.9 Å². The molecule has 0 bridgehead atoms. The quantitative estimate of drug-likeness (QED) is 0.574. The minimum Gasteiger partial charge on any atom is -0.496 e. The third-order valence-corrected chi connectivity index (χ3v) is 4.30. The van der Waals surface area contributed by atoms with E-state index in [4.69, 9.17) is 9.47 Å². The molecule has 5 nitrogen and oxygen atoms in total. The lowest BCUT2D eigenvalue weighted by Gasteiger charge is -2.21. The second kappa shape index (κ2) is 9.92. The number of rotatable bonds is 7. The molecule has 146 valence electrons. The molecular weight excluding hydrogens is 345 g/mol. The van der Waals surface area contributed by atoms with E-state index in [0.29, 0.717) is 18.1 Å². The van der Waals surface area contributed by atoms with Gasteiger partial charge < -0.3 is 20.1 Å². The van der Waals surface area contributed by atoms with E-state index in [2.05, 4.69) is 35.5 Å². The number of nitrogens with one attached hydrogen (secondary N) is 2. The van der Waals surface area contributed by atoms with Crippen molar-refractivity contribution >= 4 is 5.96 Å². The highest BCUT2D eigenvalue weighted by Gasteiger charge is 2.13. The van der Waals surface area contributed by atoms with E-state index < -0.39 is 0 Å².